The minimum atomic E-state index is 0.795. The van der Waals surface area contributed by atoms with Crippen LogP contribution in [0.15, 0.2) is 54.6 Å². The maximum Gasteiger partial charge on any atom is 0.119 e. The smallest absolute Gasteiger partial charge is 0.119 e. The van der Waals surface area contributed by atoms with E-state index in [1.165, 1.54) is 193 Å². The molecule has 55 heavy (non-hydrogen) atoms. The van der Waals surface area contributed by atoms with E-state index in [-0.39, 0.29) is 0 Å². The molecule has 1 heterocycles. The molecule has 4 heteroatoms. The maximum absolute atomic E-state index is 6.05. The number of rotatable bonds is 38. The Bertz CT molecular complexity index is 1150. The van der Waals surface area contributed by atoms with Gasteiger partial charge >= 0.3 is 0 Å². The fourth-order valence-corrected chi connectivity index (χ4v) is 7.75. The van der Waals surface area contributed by atoms with Gasteiger partial charge in [-0.3, -0.25) is 5.10 Å². The van der Waals surface area contributed by atoms with Crippen LogP contribution in [-0.2, 0) is 0 Å². The Morgan fingerprint density at radius 3 is 0.982 bits per heavy atom. The van der Waals surface area contributed by atoms with Crippen molar-refractivity contribution < 1.29 is 9.47 Å². The Kier molecular flexibility index (Phi) is 28.3. The van der Waals surface area contributed by atoms with Crippen LogP contribution in [0.1, 0.15) is 219 Å². The molecule has 0 saturated carbocycles. The largest absolute Gasteiger partial charge is 0.494 e. The molecule has 2 aromatic carbocycles. The van der Waals surface area contributed by atoms with Crippen LogP contribution in [-0.4, -0.2) is 23.4 Å². The van der Waals surface area contributed by atoms with Crippen molar-refractivity contribution in [2.45, 2.75) is 219 Å². The number of unbranched alkanes of at least 4 members (excludes halogenated alkanes) is 30. The predicted octanol–water partition coefficient (Wildman–Crippen LogP) is 17.0. The van der Waals surface area contributed by atoms with E-state index in [4.69, 9.17) is 9.47 Å². The van der Waals surface area contributed by atoms with Crippen LogP contribution in [0, 0.1) is 0 Å². The fourth-order valence-electron chi connectivity index (χ4n) is 7.75. The van der Waals surface area contributed by atoms with Gasteiger partial charge in [0.2, 0.25) is 0 Å². The maximum atomic E-state index is 6.05. The van der Waals surface area contributed by atoms with Crippen LogP contribution in [0.4, 0.5) is 0 Å². The van der Waals surface area contributed by atoms with Gasteiger partial charge in [-0.15, -0.1) is 0 Å². The Hall–Kier alpha value is -2.75. The van der Waals surface area contributed by atoms with E-state index >= 15 is 0 Å². The molecule has 0 aliphatic heterocycles. The Morgan fingerprint density at radius 1 is 0.364 bits per heavy atom. The lowest BCUT2D eigenvalue weighted by Crippen LogP contribution is -1.97. The van der Waals surface area contributed by atoms with Gasteiger partial charge in [0.05, 0.1) is 24.6 Å². The highest BCUT2D eigenvalue weighted by molar-refractivity contribution is 5.68. The van der Waals surface area contributed by atoms with Gasteiger partial charge in [-0.05, 0) is 73.0 Å². The lowest BCUT2D eigenvalue weighted by molar-refractivity contribution is 0.304. The topological polar surface area (TPSA) is 47.1 Å². The molecule has 0 aliphatic carbocycles. The molecule has 0 fully saturated rings. The zero-order valence-corrected chi connectivity index (χ0v) is 36.0. The zero-order chi connectivity index (χ0) is 38.7. The van der Waals surface area contributed by atoms with E-state index in [1.807, 2.05) is 0 Å². The molecule has 1 aromatic heterocycles. The lowest BCUT2D eigenvalue weighted by atomic mass is 10.0. The zero-order valence-electron chi connectivity index (χ0n) is 36.0. The van der Waals surface area contributed by atoms with Crippen LogP contribution in [0.3, 0.4) is 0 Å². The molecule has 0 radical (unpaired) electrons. The van der Waals surface area contributed by atoms with Crippen molar-refractivity contribution in [3.63, 3.8) is 0 Å². The molecule has 0 atom stereocenters. The number of aromatic amines is 1. The number of nitrogens with one attached hydrogen (secondary N) is 1. The van der Waals surface area contributed by atoms with Gasteiger partial charge in [-0.2, -0.15) is 5.10 Å². The van der Waals surface area contributed by atoms with Gasteiger partial charge in [0, 0.05) is 5.56 Å². The minimum Gasteiger partial charge on any atom is -0.494 e. The number of ether oxygens (including phenoxy) is 2. The van der Waals surface area contributed by atoms with E-state index in [0.717, 1.165) is 60.1 Å². The molecular weight excluding hydrogens is 673 g/mol. The molecule has 0 amide bonds. The van der Waals surface area contributed by atoms with Crippen LogP contribution in [0.25, 0.3) is 22.5 Å². The summed E-state index contributed by atoms with van der Waals surface area (Å²) < 4.78 is 12.1. The molecule has 3 rings (SSSR count). The summed E-state index contributed by atoms with van der Waals surface area (Å²) in [4.78, 5) is 0. The van der Waals surface area contributed by atoms with Crippen molar-refractivity contribution in [1.29, 1.82) is 0 Å². The Morgan fingerprint density at radius 2 is 0.655 bits per heavy atom. The highest BCUT2D eigenvalue weighted by Gasteiger charge is 2.07. The second kappa shape index (κ2) is 33.4. The normalized spacial score (nSPS) is 11.4. The predicted molar refractivity (Wildman–Crippen MR) is 240 cm³/mol. The summed E-state index contributed by atoms with van der Waals surface area (Å²) in [6, 6.07) is 18.9. The Labute approximate surface area is 339 Å². The third-order valence-electron chi connectivity index (χ3n) is 11.4. The highest BCUT2D eigenvalue weighted by Crippen LogP contribution is 2.27. The summed E-state index contributed by atoms with van der Waals surface area (Å²) in [5, 5.41) is 7.82. The van der Waals surface area contributed by atoms with Crippen LogP contribution in [0.2, 0.25) is 0 Å². The van der Waals surface area contributed by atoms with Crippen LogP contribution in [0.5, 0.6) is 11.5 Å². The van der Waals surface area contributed by atoms with Gasteiger partial charge in [-0.25, -0.2) is 0 Å². The molecule has 0 spiro atoms. The number of benzene rings is 2. The number of H-pyrrole nitrogens is 1. The van der Waals surface area contributed by atoms with Gasteiger partial charge in [0.25, 0.3) is 0 Å². The second-order valence-corrected chi connectivity index (χ2v) is 16.5. The van der Waals surface area contributed by atoms with E-state index in [2.05, 4.69) is 78.6 Å². The molecule has 0 saturated heterocycles. The molecule has 0 aliphatic rings. The first-order valence-electron chi connectivity index (χ1n) is 23.8. The molecule has 1 N–H and O–H groups in total. The van der Waals surface area contributed by atoms with Crippen molar-refractivity contribution in [2.75, 3.05) is 13.2 Å². The first-order valence-corrected chi connectivity index (χ1v) is 23.8. The number of hydrogen-bond acceptors (Lipinski definition) is 3. The monoisotopic (exact) mass is 757 g/mol. The summed E-state index contributed by atoms with van der Waals surface area (Å²) >= 11 is 0. The van der Waals surface area contributed by atoms with Crippen molar-refractivity contribution in [2.24, 2.45) is 0 Å². The van der Waals surface area contributed by atoms with Crippen LogP contribution < -0.4 is 9.47 Å². The SMILES string of the molecule is CCCCCCCCCCCCCCCCCCOc1ccc(-c2cc(-c3ccc(OCCCCCCCCCCCCCCCCCC)cc3)[nH]n2)cc1. The van der Waals surface area contributed by atoms with Gasteiger partial charge in [0.1, 0.15) is 11.5 Å². The second-order valence-electron chi connectivity index (χ2n) is 16.5. The first-order chi connectivity index (χ1) is 27.3. The molecule has 0 unspecified atom stereocenters. The minimum absolute atomic E-state index is 0.795. The van der Waals surface area contributed by atoms with E-state index < -0.39 is 0 Å². The molecule has 4 nitrogen and oxygen atoms in total. The van der Waals surface area contributed by atoms with Crippen LogP contribution >= 0.6 is 0 Å². The lowest BCUT2D eigenvalue weighted by Gasteiger charge is -2.07. The molecule has 310 valence electrons. The molecular formula is C51H84N2O2. The van der Waals surface area contributed by atoms with Gasteiger partial charge in [-0.1, -0.05) is 206 Å². The van der Waals surface area contributed by atoms with E-state index in [9.17, 15) is 0 Å². The number of aromatic nitrogens is 2. The summed E-state index contributed by atoms with van der Waals surface area (Å²) in [6.07, 6.45) is 44.5. The van der Waals surface area contributed by atoms with Crippen molar-refractivity contribution in [3.8, 4) is 34.0 Å². The number of hydrogen-bond donors (Lipinski definition) is 1. The van der Waals surface area contributed by atoms with E-state index in [0.29, 0.717) is 0 Å². The summed E-state index contributed by atoms with van der Waals surface area (Å²) in [5.41, 5.74) is 4.18. The third kappa shape index (κ3) is 23.8. The average molecular weight is 757 g/mol. The fraction of sp³-hybridized carbons (Fsp3) is 0.706. The highest BCUT2D eigenvalue weighted by atomic mass is 16.5. The quantitative estimate of drug-likeness (QED) is 0.0592. The number of nitrogens with zero attached hydrogens (tertiary/aromatic N) is 1. The third-order valence-corrected chi connectivity index (χ3v) is 11.4. The van der Waals surface area contributed by atoms with Gasteiger partial charge in [0.15, 0.2) is 0 Å². The first kappa shape index (κ1) is 46.6. The average Bonchev–Trinajstić information content (AvgIpc) is 3.71. The van der Waals surface area contributed by atoms with Crippen molar-refractivity contribution >= 4 is 0 Å². The van der Waals surface area contributed by atoms with Crippen molar-refractivity contribution in [3.05, 3.63) is 54.6 Å². The van der Waals surface area contributed by atoms with Crippen molar-refractivity contribution in [1.82, 2.24) is 10.2 Å². The summed E-state index contributed by atoms with van der Waals surface area (Å²) in [5.74, 6) is 1.88. The molecule has 3 aromatic rings. The van der Waals surface area contributed by atoms with E-state index in [1.54, 1.807) is 0 Å². The summed E-state index contributed by atoms with van der Waals surface area (Å²) in [6.45, 7) is 6.18. The van der Waals surface area contributed by atoms with Gasteiger partial charge < -0.3 is 9.47 Å². The Balaban J connectivity index is 1.14. The summed E-state index contributed by atoms with van der Waals surface area (Å²) in [7, 11) is 0. The molecule has 0 bridgehead atoms. The standard InChI is InChI=1S/C51H84N2O2/c1-3-5-7-9-11-13-15-17-19-21-23-25-27-29-31-33-43-54-48-39-35-46(36-40-48)50-45-51(53-52-50)47-37-41-49(42-38-47)55-44-34-32-30-28-26-24-22-20-18-16-14-12-10-8-6-4-2/h35-42,45H,3-34,43-44H2,1-2H3,(H,52,53).